The van der Waals surface area contributed by atoms with Gasteiger partial charge in [0, 0.05) is 24.5 Å². The van der Waals surface area contributed by atoms with Crippen LogP contribution in [0.5, 0.6) is 0 Å². The summed E-state index contributed by atoms with van der Waals surface area (Å²) in [4.78, 5) is 27.7. The van der Waals surface area contributed by atoms with Crippen molar-refractivity contribution in [1.82, 2.24) is 9.55 Å². The van der Waals surface area contributed by atoms with Gasteiger partial charge in [-0.1, -0.05) is 17.7 Å². The molecule has 2 N–H and O–H groups in total. The molecule has 0 unspecified atom stereocenters. The molecule has 1 aromatic carbocycles. The molecule has 29 heavy (non-hydrogen) atoms. The number of benzene rings is 1. The van der Waals surface area contributed by atoms with Crippen LogP contribution in [0.1, 0.15) is 16.2 Å². The second-order valence-corrected chi connectivity index (χ2v) is 6.44. The second-order valence-electron chi connectivity index (χ2n) is 6.01. The van der Waals surface area contributed by atoms with Gasteiger partial charge < -0.3 is 24.3 Å². The van der Waals surface area contributed by atoms with E-state index in [1.54, 1.807) is 0 Å². The Labute approximate surface area is 167 Å². The van der Waals surface area contributed by atoms with E-state index >= 15 is 0 Å². The average molecular weight is 437 g/mol. The van der Waals surface area contributed by atoms with E-state index in [9.17, 15) is 33.0 Å². The van der Waals surface area contributed by atoms with E-state index in [1.807, 2.05) is 0 Å². The second kappa shape index (κ2) is 8.01. The summed E-state index contributed by atoms with van der Waals surface area (Å²) >= 11 is 5.74. The molecule has 0 spiro atoms. The van der Waals surface area contributed by atoms with Gasteiger partial charge in [0.15, 0.2) is 5.82 Å². The Hall–Kier alpha value is -2.63. The average Bonchev–Trinajstić information content (AvgIpc) is 3.09. The lowest BCUT2D eigenvalue weighted by molar-refractivity contribution is -0.330. The van der Waals surface area contributed by atoms with E-state index in [4.69, 9.17) is 16.3 Å². The van der Waals surface area contributed by atoms with Crippen molar-refractivity contribution in [3.05, 3.63) is 53.1 Å². The Kier molecular flexibility index (Phi) is 6.26. The Morgan fingerprint density at radius 3 is 2.41 bits per heavy atom. The van der Waals surface area contributed by atoms with Gasteiger partial charge in [-0.15, -0.1) is 0 Å². The van der Waals surface area contributed by atoms with Crippen molar-refractivity contribution in [2.75, 3.05) is 13.7 Å². The molecule has 0 bridgehead atoms. The van der Waals surface area contributed by atoms with Crippen molar-refractivity contribution in [3.63, 3.8) is 0 Å². The van der Waals surface area contributed by atoms with Gasteiger partial charge in [-0.05, 0) is 18.2 Å². The van der Waals surface area contributed by atoms with Gasteiger partial charge in [0.25, 0.3) is 5.60 Å². The number of carbonyl (C=O) groups is 2. The quantitative estimate of drug-likeness (QED) is 0.661. The minimum absolute atomic E-state index is 0.141. The van der Waals surface area contributed by atoms with Crippen molar-refractivity contribution < 1.29 is 42.4 Å². The van der Waals surface area contributed by atoms with Crippen LogP contribution < -0.4 is 0 Å². The maximum Gasteiger partial charge on any atom is 0.428 e. The fourth-order valence-corrected chi connectivity index (χ4v) is 2.80. The Morgan fingerprint density at radius 1 is 1.28 bits per heavy atom. The Morgan fingerprint density at radius 2 is 1.93 bits per heavy atom. The molecule has 0 aliphatic heterocycles. The SMILES string of the molecule is COC(=O)[C@](O)(COC(=O)c1cccc(Cl)c1)[C@](O)(c1nccn1C)C(F)(F)F. The topological polar surface area (TPSA) is 111 Å². The predicted molar refractivity (Wildman–Crippen MR) is 91.9 cm³/mol. The summed E-state index contributed by atoms with van der Waals surface area (Å²) < 4.78 is 51.4. The largest absolute Gasteiger partial charge is 0.467 e. The number of nitrogens with zero attached hydrogens (tertiary/aromatic N) is 2. The highest BCUT2D eigenvalue weighted by molar-refractivity contribution is 6.30. The number of carbonyl (C=O) groups excluding carboxylic acids is 2. The number of aliphatic hydroxyl groups is 2. The highest BCUT2D eigenvalue weighted by Crippen LogP contribution is 2.46. The van der Waals surface area contributed by atoms with E-state index in [-0.39, 0.29) is 10.6 Å². The number of imidazole rings is 1. The molecule has 0 saturated heterocycles. The molecule has 158 valence electrons. The molecule has 0 saturated carbocycles. The molecular formula is C17H16ClF3N2O6. The smallest absolute Gasteiger partial charge is 0.428 e. The third-order valence-corrected chi connectivity index (χ3v) is 4.38. The normalized spacial score (nSPS) is 15.9. The number of alkyl halides is 3. The highest BCUT2D eigenvalue weighted by Gasteiger charge is 2.73. The Balaban J connectivity index is 2.51. The first-order chi connectivity index (χ1) is 13.4. The van der Waals surface area contributed by atoms with Crippen molar-refractivity contribution in [3.8, 4) is 0 Å². The standard InChI is InChI=1S/C17H16ClF3N2O6/c1-23-7-6-22-13(23)16(27,17(19,20)21)15(26,14(25)28-2)9-29-12(24)10-4-3-5-11(18)8-10/h3-8,26-27H,9H2,1-2H3/t15-,16-/m1/s1. The lowest BCUT2D eigenvalue weighted by Gasteiger charge is -2.40. The van der Waals surface area contributed by atoms with Crippen LogP contribution in [0.4, 0.5) is 13.2 Å². The van der Waals surface area contributed by atoms with Gasteiger partial charge in [-0.2, -0.15) is 13.2 Å². The molecule has 2 atom stereocenters. The third-order valence-electron chi connectivity index (χ3n) is 4.15. The van der Waals surface area contributed by atoms with Gasteiger partial charge >= 0.3 is 18.1 Å². The first-order valence-corrected chi connectivity index (χ1v) is 8.26. The summed E-state index contributed by atoms with van der Waals surface area (Å²) in [6.07, 6.45) is -3.64. The van der Waals surface area contributed by atoms with Crippen molar-refractivity contribution in [2.45, 2.75) is 17.4 Å². The summed E-state index contributed by atoms with van der Waals surface area (Å²) in [5.41, 5.74) is -8.19. The van der Waals surface area contributed by atoms with E-state index in [0.29, 0.717) is 7.11 Å². The number of halogens is 4. The molecule has 1 aromatic heterocycles. The number of esters is 2. The number of ether oxygens (including phenoxy) is 2. The lowest BCUT2D eigenvalue weighted by atomic mass is 9.81. The number of hydrogen-bond acceptors (Lipinski definition) is 7. The van der Waals surface area contributed by atoms with Crippen LogP contribution >= 0.6 is 11.6 Å². The van der Waals surface area contributed by atoms with Gasteiger partial charge in [-0.25, -0.2) is 14.6 Å². The molecule has 0 aliphatic rings. The lowest BCUT2D eigenvalue weighted by Crippen LogP contribution is -2.67. The monoisotopic (exact) mass is 436 g/mol. The fourth-order valence-electron chi connectivity index (χ4n) is 2.61. The van der Waals surface area contributed by atoms with Crippen molar-refractivity contribution >= 4 is 23.5 Å². The predicted octanol–water partition coefficient (Wildman–Crippen LogP) is 1.58. The summed E-state index contributed by atoms with van der Waals surface area (Å²) in [5, 5.41) is 21.4. The number of hydrogen-bond donors (Lipinski definition) is 2. The minimum atomic E-state index is -5.61. The molecular weight excluding hydrogens is 421 g/mol. The van der Waals surface area contributed by atoms with Crippen LogP contribution in [0.25, 0.3) is 0 Å². The summed E-state index contributed by atoms with van der Waals surface area (Å²) in [7, 11) is 1.80. The summed E-state index contributed by atoms with van der Waals surface area (Å²) in [6.45, 7) is -1.59. The van der Waals surface area contributed by atoms with Gasteiger partial charge in [0.05, 0.1) is 12.7 Å². The zero-order chi connectivity index (χ0) is 22.0. The number of methoxy groups -OCH3 is 1. The molecule has 12 heteroatoms. The summed E-state index contributed by atoms with van der Waals surface area (Å²) in [5.74, 6) is -4.20. The van der Waals surface area contributed by atoms with Crippen LogP contribution in [-0.4, -0.2) is 57.2 Å². The van der Waals surface area contributed by atoms with Crippen LogP contribution in [0.3, 0.4) is 0 Å². The number of rotatable bonds is 6. The van der Waals surface area contributed by atoms with Gasteiger partial charge in [-0.3, -0.25) is 0 Å². The van der Waals surface area contributed by atoms with Crippen molar-refractivity contribution in [1.29, 1.82) is 0 Å². The fraction of sp³-hybridized carbons (Fsp3) is 0.353. The van der Waals surface area contributed by atoms with Crippen LogP contribution in [0.2, 0.25) is 5.02 Å². The van der Waals surface area contributed by atoms with E-state index < -0.39 is 41.7 Å². The molecule has 0 amide bonds. The van der Waals surface area contributed by atoms with E-state index in [1.165, 1.54) is 18.2 Å². The molecule has 0 radical (unpaired) electrons. The zero-order valence-electron chi connectivity index (χ0n) is 15.1. The van der Waals surface area contributed by atoms with Crippen LogP contribution in [0, 0.1) is 0 Å². The zero-order valence-corrected chi connectivity index (χ0v) is 15.9. The van der Waals surface area contributed by atoms with E-state index in [2.05, 4.69) is 9.72 Å². The van der Waals surface area contributed by atoms with Gasteiger partial charge in [0.2, 0.25) is 5.60 Å². The van der Waals surface area contributed by atoms with Crippen molar-refractivity contribution in [2.24, 2.45) is 7.05 Å². The maximum atomic E-state index is 13.9. The highest BCUT2D eigenvalue weighted by atomic mass is 35.5. The third kappa shape index (κ3) is 3.93. The molecule has 1 heterocycles. The van der Waals surface area contributed by atoms with Crippen LogP contribution in [-0.2, 0) is 26.9 Å². The molecule has 0 fully saturated rings. The maximum absolute atomic E-state index is 13.9. The minimum Gasteiger partial charge on any atom is -0.467 e. The molecule has 2 aromatic rings. The van der Waals surface area contributed by atoms with E-state index in [0.717, 1.165) is 30.1 Å². The Bertz CT molecular complexity index is 919. The molecule has 8 nitrogen and oxygen atoms in total. The number of aryl methyl sites for hydroxylation is 1. The van der Waals surface area contributed by atoms with Crippen LogP contribution in [0.15, 0.2) is 36.7 Å². The van der Waals surface area contributed by atoms with Gasteiger partial charge in [0.1, 0.15) is 6.61 Å². The first-order valence-electron chi connectivity index (χ1n) is 7.89. The molecule has 0 aliphatic carbocycles. The first kappa shape index (κ1) is 22.7. The summed E-state index contributed by atoms with van der Waals surface area (Å²) in [6, 6.07) is 5.23. The molecule has 2 rings (SSSR count). The number of aromatic nitrogens is 2.